The summed E-state index contributed by atoms with van der Waals surface area (Å²) in [6, 6.07) is 6.24. The van der Waals surface area contributed by atoms with Gasteiger partial charge in [-0.3, -0.25) is 9.59 Å². The van der Waals surface area contributed by atoms with E-state index >= 15 is 0 Å². The molecule has 0 radical (unpaired) electrons. The number of aliphatic hydroxyl groups excluding tert-OH is 1. The first-order valence-electron chi connectivity index (χ1n) is 14.0. The normalized spacial score (nSPS) is 13.6. The number of alkyl halides is 3. The minimum absolute atomic E-state index is 0.0101. The molecule has 2 amide bonds. The van der Waals surface area contributed by atoms with Gasteiger partial charge in [-0.15, -0.1) is 11.3 Å². The van der Waals surface area contributed by atoms with E-state index in [2.05, 4.69) is 20.9 Å². The molecule has 1 aromatic carbocycles. The number of halogens is 3. The number of benzene rings is 1. The van der Waals surface area contributed by atoms with Crippen molar-refractivity contribution in [3.8, 4) is 0 Å². The number of hydrogen-bond donors (Lipinski definition) is 4. The number of thiazole rings is 1. The number of aliphatic hydroxyl groups is 1. The maximum Gasteiger partial charge on any atom is 0.435 e. The Morgan fingerprint density at radius 2 is 1.71 bits per heavy atom. The number of aromatic nitrogens is 1. The predicted octanol–water partition coefficient (Wildman–Crippen LogP) is 3.78. The molecule has 2 rings (SSSR count). The summed E-state index contributed by atoms with van der Waals surface area (Å²) < 4.78 is 66.9. The van der Waals surface area contributed by atoms with E-state index in [9.17, 15) is 36.3 Å². The molecule has 4 N–H and O–H groups in total. The molecule has 236 valence electrons. The molecule has 2 aromatic rings. The van der Waals surface area contributed by atoms with Gasteiger partial charge in [0.2, 0.25) is 5.91 Å². The number of nitrogens with one attached hydrogen (secondary N) is 3. The number of nitrogens with zero attached hydrogens (tertiary/aromatic N) is 1. The van der Waals surface area contributed by atoms with Crippen LogP contribution in [0, 0.1) is 6.92 Å². The zero-order valence-electron chi connectivity index (χ0n) is 24.4. The fourth-order valence-electron chi connectivity index (χ4n) is 4.45. The Hall–Kier alpha value is -2.55. The van der Waals surface area contributed by atoms with Gasteiger partial charge in [0, 0.05) is 19.6 Å². The van der Waals surface area contributed by atoms with Crippen LogP contribution in [0.5, 0.6) is 0 Å². The average Bonchev–Trinajstić information content (AvgIpc) is 3.34. The summed E-state index contributed by atoms with van der Waals surface area (Å²) in [6.45, 7) is 7.31. The molecule has 0 spiro atoms. The van der Waals surface area contributed by atoms with Gasteiger partial charge < -0.3 is 21.1 Å². The second kappa shape index (κ2) is 16.3. The molecular weight excluding hydrogens is 593 g/mol. The number of hydrogen-bond acceptors (Lipinski definition) is 8. The van der Waals surface area contributed by atoms with E-state index in [0.29, 0.717) is 43.6 Å². The molecule has 9 nitrogen and oxygen atoms in total. The summed E-state index contributed by atoms with van der Waals surface area (Å²) in [7, 11) is -3.93. The molecule has 1 heterocycles. The minimum atomic E-state index is -4.91. The van der Waals surface area contributed by atoms with E-state index in [0.717, 1.165) is 12.0 Å². The van der Waals surface area contributed by atoms with Crippen LogP contribution < -0.4 is 16.0 Å². The van der Waals surface area contributed by atoms with E-state index in [4.69, 9.17) is 0 Å². The smallest absolute Gasteiger partial charge is 0.390 e. The van der Waals surface area contributed by atoms with E-state index in [1.165, 1.54) is 12.5 Å². The highest BCUT2D eigenvalue weighted by molar-refractivity contribution is 7.92. The zero-order valence-corrected chi connectivity index (χ0v) is 26.0. The fraction of sp³-hybridized carbons (Fsp3) is 0.607. The monoisotopic (exact) mass is 634 g/mol. The van der Waals surface area contributed by atoms with E-state index in [1.807, 2.05) is 45.0 Å². The van der Waals surface area contributed by atoms with Gasteiger partial charge in [-0.2, -0.15) is 13.2 Å². The number of carbonyl (C=O) groups excluding carboxylic acids is 2. The molecule has 2 atom stereocenters. The Labute approximate surface area is 249 Å². The molecule has 0 saturated carbocycles. The van der Waals surface area contributed by atoms with Crippen molar-refractivity contribution in [1.82, 2.24) is 20.9 Å². The third kappa shape index (κ3) is 10.9. The third-order valence-corrected chi connectivity index (χ3v) is 9.83. The van der Waals surface area contributed by atoms with Gasteiger partial charge >= 0.3 is 6.18 Å². The molecule has 42 heavy (non-hydrogen) atoms. The molecule has 0 aliphatic rings. The second-order valence-corrected chi connectivity index (χ2v) is 13.7. The number of amides is 2. The number of rotatable bonds is 17. The summed E-state index contributed by atoms with van der Waals surface area (Å²) in [5.41, 5.74) is 0.787. The van der Waals surface area contributed by atoms with Crippen LogP contribution in [-0.4, -0.2) is 66.6 Å². The Bertz CT molecular complexity index is 1280. The Kier molecular flexibility index (Phi) is 13.9. The summed E-state index contributed by atoms with van der Waals surface area (Å²) in [4.78, 5) is 28.7. The van der Waals surface area contributed by atoms with Crippen LogP contribution in [0.25, 0.3) is 0 Å². The minimum Gasteiger partial charge on any atom is -0.390 e. The van der Waals surface area contributed by atoms with Crippen LogP contribution >= 0.6 is 11.3 Å². The van der Waals surface area contributed by atoms with Crippen molar-refractivity contribution in [2.75, 3.05) is 18.8 Å². The number of aryl methyl sites for hydroxylation is 2. The topological polar surface area (TPSA) is 137 Å². The van der Waals surface area contributed by atoms with Crippen LogP contribution in [0.2, 0.25) is 0 Å². The van der Waals surface area contributed by atoms with Crippen molar-refractivity contribution in [3.63, 3.8) is 0 Å². The first kappa shape index (κ1) is 35.6. The molecule has 0 aliphatic carbocycles. The van der Waals surface area contributed by atoms with Crippen LogP contribution in [-0.2, 0) is 33.8 Å². The summed E-state index contributed by atoms with van der Waals surface area (Å²) in [5.74, 6) is -2.97. The molecule has 1 aromatic heterocycles. The molecule has 0 fully saturated rings. The van der Waals surface area contributed by atoms with E-state index in [-0.39, 0.29) is 18.1 Å². The van der Waals surface area contributed by atoms with Crippen molar-refractivity contribution in [1.29, 1.82) is 0 Å². The molecule has 14 heteroatoms. The predicted molar refractivity (Wildman–Crippen MR) is 157 cm³/mol. The van der Waals surface area contributed by atoms with Gasteiger partial charge in [0.15, 0.2) is 15.5 Å². The van der Waals surface area contributed by atoms with Gasteiger partial charge in [-0.1, -0.05) is 57.9 Å². The highest BCUT2D eigenvalue weighted by atomic mass is 32.2. The quantitative estimate of drug-likeness (QED) is 0.208. The van der Waals surface area contributed by atoms with Crippen molar-refractivity contribution in [2.24, 2.45) is 0 Å². The van der Waals surface area contributed by atoms with Crippen molar-refractivity contribution in [2.45, 2.75) is 89.9 Å². The van der Waals surface area contributed by atoms with Gasteiger partial charge in [-0.05, 0) is 37.3 Å². The van der Waals surface area contributed by atoms with Gasteiger partial charge in [-0.25, -0.2) is 13.4 Å². The van der Waals surface area contributed by atoms with Gasteiger partial charge in [0.25, 0.3) is 5.91 Å². The molecule has 0 bridgehead atoms. The Balaban J connectivity index is 2.15. The Morgan fingerprint density at radius 1 is 1.07 bits per heavy atom. The SMILES string of the molecule is CCCC(CCC)S(=O)(=O)CC(NC(=O)c1sc(C)nc1C(F)(F)F)C(=O)NC[C@H](O)CNCc1cccc(CC)c1. The van der Waals surface area contributed by atoms with Crippen molar-refractivity contribution < 1.29 is 36.3 Å². The average molecular weight is 635 g/mol. The first-order valence-corrected chi connectivity index (χ1v) is 16.6. The summed E-state index contributed by atoms with van der Waals surface area (Å²) in [6.07, 6.45) is -3.25. The fourth-order valence-corrected chi connectivity index (χ4v) is 7.46. The standard InChI is InChI=1S/C28H41F3N4O5S2/c1-5-9-22(10-6-2)42(39,40)17-23(35-27(38)24-25(28(29,30)31)34-18(4)41-24)26(37)33-16-21(36)15-32-14-20-12-8-11-19(7-3)13-20/h8,11-13,21-23,32,36H,5-7,9-10,14-17H2,1-4H3,(H,33,37)(H,35,38)/t21-,23?/m1/s1. The molecular formula is C28H41F3N4O5S2. The molecule has 1 unspecified atom stereocenters. The van der Waals surface area contributed by atoms with Crippen LogP contribution in [0.4, 0.5) is 13.2 Å². The summed E-state index contributed by atoms with van der Waals surface area (Å²) in [5, 5.41) is 17.3. The lowest BCUT2D eigenvalue weighted by Crippen LogP contribution is -2.53. The number of carbonyl (C=O) groups is 2. The highest BCUT2D eigenvalue weighted by Crippen LogP contribution is 2.34. The Morgan fingerprint density at radius 3 is 2.31 bits per heavy atom. The lowest BCUT2D eigenvalue weighted by Gasteiger charge is -2.23. The first-order chi connectivity index (χ1) is 19.7. The van der Waals surface area contributed by atoms with E-state index < -0.39 is 61.5 Å². The van der Waals surface area contributed by atoms with Crippen LogP contribution in [0.3, 0.4) is 0 Å². The van der Waals surface area contributed by atoms with E-state index in [1.54, 1.807) is 0 Å². The van der Waals surface area contributed by atoms with Crippen LogP contribution in [0.1, 0.15) is 78.0 Å². The largest absolute Gasteiger partial charge is 0.435 e. The zero-order chi connectivity index (χ0) is 31.5. The lowest BCUT2D eigenvalue weighted by molar-refractivity contribution is -0.141. The lowest BCUT2D eigenvalue weighted by atomic mass is 10.1. The maximum atomic E-state index is 13.5. The molecule has 0 saturated heterocycles. The van der Waals surface area contributed by atoms with Crippen LogP contribution in [0.15, 0.2) is 24.3 Å². The van der Waals surface area contributed by atoms with Gasteiger partial charge in [0.05, 0.1) is 22.1 Å². The van der Waals surface area contributed by atoms with Crippen molar-refractivity contribution >= 4 is 33.0 Å². The van der Waals surface area contributed by atoms with Gasteiger partial charge in [0.1, 0.15) is 10.9 Å². The third-order valence-electron chi connectivity index (χ3n) is 6.58. The maximum absolute atomic E-state index is 13.5. The summed E-state index contributed by atoms with van der Waals surface area (Å²) >= 11 is 0.499. The second-order valence-electron chi connectivity index (χ2n) is 10.2. The van der Waals surface area contributed by atoms with Crippen molar-refractivity contribution in [3.05, 3.63) is 51.0 Å². The number of sulfone groups is 1. The highest BCUT2D eigenvalue weighted by Gasteiger charge is 2.40. The molecule has 0 aliphatic heterocycles.